The van der Waals surface area contributed by atoms with Crippen LogP contribution in [0.25, 0.3) is 0 Å². The number of nitrogens with zero attached hydrogens (tertiary/aromatic N) is 5. The van der Waals surface area contributed by atoms with Crippen LogP contribution in [0, 0.1) is 0 Å². The Kier molecular flexibility index (Phi) is 5.66. The molecular weight excluding hydrogens is 363 g/mol. The lowest BCUT2D eigenvalue weighted by atomic mass is 10.1. The van der Waals surface area contributed by atoms with Crippen molar-refractivity contribution < 1.29 is 0 Å². The largest absolute Gasteiger partial charge is 0.366 e. The van der Waals surface area contributed by atoms with Crippen molar-refractivity contribution in [1.29, 1.82) is 0 Å². The number of hydrogen-bond donors (Lipinski definition) is 1. The first-order valence-corrected chi connectivity index (χ1v) is 9.08. The highest BCUT2D eigenvalue weighted by molar-refractivity contribution is 6.35. The van der Waals surface area contributed by atoms with Gasteiger partial charge in [-0.15, -0.1) is 0 Å². The Hall–Kier alpha value is -1.57. The van der Waals surface area contributed by atoms with Gasteiger partial charge in [0.25, 0.3) is 0 Å². The van der Waals surface area contributed by atoms with Gasteiger partial charge in [-0.05, 0) is 33.0 Å². The number of pyridine rings is 1. The second-order valence-electron chi connectivity index (χ2n) is 6.53. The minimum atomic E-state index is -0.0276. The van der Waals surface area contributed by atoms with Crippen molar-refractivity contribution >= 4 is 29.0 Å². The lowest BCUT2D eigenvalue weighted by Gasteiger charge is -2.17. The Morgan fingerprint density at radius 1 is 1.36 bits per heavy atom. The first-order valence-electron chi connectivity index (χ1n) is 8.33. The highest BCUT2D eigenvalue weighted by Crippen LogP contribution is 2.25. The lowest BCUT2D eigenvalue weighted by Crippen LogP contribution is -2.30. The van der Waals surface area contributed by atoms with Gasteiger partial charge in [-0.3, -0.25) is 4.57 Å². The van der Waals surface area contributed by atoms with Crippen molar-refractivity contribution in [2.24, 2.45) is 0 Å². The topological polar surface area (TPSA) is 68.0 Å². The fraction of sp³-hybridized carbons (Fsp3) is 0.562. The van der Waals surface area contributed by atoms with E-state index < -0.39 is 0 Å². The molecule has 0 amide bonds. The van der Waals surface area contributed by atoms with Crippen LogP contribution in [0.15, 0.2) is 17.1 Å². The van der Waals surface area contributed by atoms with E-state index in [2.05, 4.69) is 15.4 Å². The van der Waals surface area contributed by atoms with Crippen LogP contribution in [-0.2, 0) is 19.5 Å². The molecule has 0 aliphatic carbocycles. The van der Waals surface area contributed by atoms with Crippen molar-refractivity contribution in [3.63, 3.8) is 0 Å². The van der Waals surface area contributed by atoms with E-state index in [1.165, 1.54) is 0 Å². The van der Waals surface area contributed by atoms with Gasteiger partial charge in [0.05, 0.1) is 16.6 Å². The van der Waals surface area contributed by atoms with Gasteiger partial charge in [-0.2, -0.15) is 5.10 Å². The zero-order chi connectivity index (χ0) is 18.0. The number of likely N-dealkylation sites (N-methyl/N-ethyl adjacent to an activating group) is 1. The zero-order valence-electron chi connectivity index (χ0n) is 14.4. The monoisotopic (exact) mass is 384 g/mol. The second kappa shape index (κ2) is 7.76. The van der Waals surface area contributed by atoms with Crippen LogP contribution >= 0.6 is 23.2 Å². The standard InChI is InChI=1S/C16H22Cl2N6O/c1-22(2)7-8-24-16(25)23-6-5-12(3-4-14(23)21-24)20-15-13(18)9-11(17)10-19-15/h9-10,12H,3-8H2,1-2H3,(H,19,20). The van der Waals surface area contributed by atoms with E-state index in [0.29, 0.717) is 29.0 Å². The predicted octanol–water partition coefficient (Wildman–Crippen LogP) is 2.13. The molecule has 0 fully saturated rings. The average Bonchev–Trinajstić information content (AvgIpc) is 2.73. The molecule has 1 aliphatic rings. The van der Waals surface area contributed by atoms with E-state index in [0.717, 1.165) is 31.6 Å². The minimum absolute atomic E-state index is 0.0276. The van der Waals surface area contributed by atoms with Crippen molar-refractivity contribution in [1.82, 2.24) is 24.2 Å². The summed E-state index contributed by atoms with van der Waals surface area (Å²) in [5.41, 5.74) is -0.0276. The molecule has 2 aromatic heterocycles. The lowest BCUT2D eigenvalue weighted by molar-refractivity contribution is 0.367. The fourth-order valence-electron chi connectivity index (χ4n) is 2.93. The Labute approximate surface area is 156 Å². The molecule has 1 aliphatic heterocycles. The Morgan fingerprint density at radius 2 is 2.16 bits per heavy atom. The van der Waals surface area contributed by atoms with E-state index in [9.17, 15) is 4.79 Å². The molecule has 2 aromatic rings. The van der Waals surface area contributed by atoms with Crippen LogP contribution in [0.3, 0.4) is 0 Å². The van der Waals surface area contributed by atoms with E-state index in [-0.39, 0.29) is 11.7 Å². The molecule has 0 bridgehead atoms. The first-order chi connectivity index (χ1) is 11.9. The fourth-order valence-corrected chi connectivity index (χ4v) is 3.36. The molecule has 7 nitrogen and oxygen atoms in total. The Balaban J connectivity index is 1.67. The number of rotatable bonds is 5. The SMILES string of the molecule is CN(C)CCn1nc2n(c1=O)CCC(Nc1ncc(Cl)cc1Cl)CC2. The summed E-state index contributed by atoms with van der Waals surface area (Å²) in [7, 11) is 3.97. The van der Waals surface area contributed by atoms with Gasteiger partial charge >= 0.3 is 5.69 Å². The summed E-state index contributed by atoms with van der Waals surface area (Å²) in [4.78, 5) is 18.8. The molecule has 0 saturated heterocycles. The maximum atomic E-state index is 12.5. The Bertz CT molecular complexity index is 800. The summed E-state index contributed by atoms with van der Waals surface area (Å²) in [6, 6.07) is 1.85. The van der Waals surface area contributed by atoms with Gasteiger partial charge in [0, 0.05) is 31.7 Å². The normalized spacial score (nSPS) is 17.4. The Morgan fingerprint density at radius 3 is 2.88 bits per heavy atom. The first kappa shape index (κ1) is 18.2. The molecule has 3 heterocycles. The van der Waals surface area contributed by atoms with E-state index in [1.54, 1.807) is 21.5 Å². The highest BCUT2D eigenvalue weighted by Gasteiger charge is 2.21. The van der Waals surface area contributed by atoms with Gasteiger partial charge in [-0.25, -0.2) is 14.5 Å². The van der Waals surface area contributed by atoms with E-state index in [1.807, 2.05) is 19.0 Å². The molecule has 9 heteroatoms. The van der Waals surface area contributed by atoms with E-state index in [4.69, 9.17) is 23.2 Å². The molecule has 25 heavy (non-hydrogen) atoms. The van der Waals surface area contributed by atoms with Gasteiger partial charge in [0.15, 0.2) is 0 Å². The third-order valence-electron chi connectivity index (χ3n) is 4.32. The number of halogens is 2. The molecule has 0 aromatic carbocycles. The number of fused-ring (bicyclic) bond motifs is 1. The maximum Gasteiger partial charge on any atom is 0.345 e. The molecule has 1 unspecified atom stereocenters. The molecule has 1 N–H and O–H groups in total. The number of anilines is 1. The van der Waals surface area contributed by atoms with Crippen LogP contribution in [0.5, 0.6) is 0 Å². The smallest absolute Gasteiger partial charge is 0.345 e. The summed E-state index contributed by atoms with van der Waals surface area (Å²) in [6.45, 7) is 2.04. The highest BCUT2D eigenvalue weighted by atomic mass is 35.5. The average molecular weight is 385 g/mol. The predicted molar refractivity (Wildman–Crippen MR) is 99.6 cm³/mol. The van der Waals surface area contributed by atoms with Crippen molar-refractivity contribution in [2.75, 3.05) is 26.0 Å². The van der Waals surface area contributed by atoms with Crippen LogP contribution in [0.2, 0.25) is 10.0 Å². The van der Waals surface area contributed by atoms with Crippen LogP contribution < -0.4 is 11.0 Å². The van der Waals surface area contributed by atoms with Crippen molar-refractivity contribution in [2.45, 2.75) is 38.4 Å². The molecule has 1 atom stereocenters. The molecular formula is C16H22Cl2N6O. The van der Waals surface area contributed by atoms with Crippen LogP contribution in [-0.4, -0.2) is 50.9 Å². The van der Waals surface area contributed by atoms with Crippen LogP contribution in [0.4, 0.5) is 5.82 Å². The maximum absolute atomic E-state index is 12.5. The third-order valence-corrected chi connectivity index (χ3v) is 4.82. The number of aryl methyl sites for hydroxylation is 1. The minimum Gasteiger partial charge on any atom is -0.366 e. The number of nitrogens with one attached hydrogen (secondary N) is 1. The summed E-state index contributed by atoms with van der Waals surface area (Å²) < 4.78 is 3.36. The zero-order valence-corrected chi connectivity index (χ0v) is 15.9. The van der Waals surface area contributed by atoms with E-state index >= 15 is 0 Å². The molecule has 0 radical (unpaired) electrons. The third kappa shape index (κ3) is 4.34. The second-order valence-corrected chi connectivity index (χ2v) is 7.37. The van der Waals surface area contributed by atoms with Crippen molar-refractivity contribution in [3.8, 4) is 0 Å². The summed E-state index contributed by atoms with van der Waals surface area (Å²) in [6.07, 6.45) is 3.99. The quantitative estimate of drug-likeness (QED) is 0.854. The van der Waals surface area contributed by atoms with Crippen LogP contribution in [0.1, 0.15) is 18.7 Å². The molecule has 136 valence electrons. The molecule has 0 saturated carbocycles. The number of aromatic nitrogens is 4. The van der Waals surface area contributed by atoms with Gasteiger partial charge in [-0.1, -0.05) is 23.2 Å². The van der Waals surface area contributed by atoms with Gasteiger partial charge < -0.3 is 10.2 Å². The van der Waals surface area contributed by atoms with Crippen molar-refractivity contribution in [3.05, 3.63) is 38.6 Å². The van der Waals surface area contributed by atoms with Gasteiger partial charge in [0.1, 0.15) is 11.6 Å². The summed E-state index contributed by atoms with van der Waals surface area (Å²) >= 11 is 12.1. The molecule has 3 rings (SSSR count). The summed E-state index contributed by atoms with van der Waals surface area (Å²) in [5, 5.41) is 8.87. The van der Waals surface area contributed by atoms with Gasteiger partial charge in [0.2, 0.25) is 0 Å². The molecule has 0 spiro atoms. The summed E-state index contributed by atoms with van der Waals surface area (Å²) in [5.74, 6) is 1.47. The number of hydrogen-bond acceptors (Lipinski definition) is 5.